The predicted octanol–water partition coefficient (Wildman–Crippen LogP) is 3.08. The minimum Gasteiger partial charge on any atom is -0.492 e. The van der Waals surface area contributed by atoms with Crippen LogP contribution in [0.5, 0.6) is 5.75 Å². The minimum absolute atomic E-state index is 0.345. The highest BCUT2D eigenvalue weighted by Gasteiger charge is 2.19. The molecule has 2 unspecified atom stereocenters. The van der Waals surface area contributed by atoms with Gasteiger partial charge in [-0.1, -0.05) is 6.07 Å². The number of benzene rings is 1. The number of hydrogen-bond acceptors (Lipinski definition) is 3. The van der Waals surface area contributed by atoms with Crippen molar-refractivity contribution >= 4 is 5.69 Å². The second-order valence-electron chi connectivity index (χ2n) is 5.20. The fraction of sp³-hybridized carbons (Fsp3) is 0.600. The van der Waals surface area contributed by atoms with E-state index in [1.54, 1.807) is 0 Å². The molecule has 1 aliphatic rings. The first-order valence-electron chi connectivity index (χ1n) is 6.94. The summed E-state index contributed by atoms with van der Waals surface area (Å²) in [5.74, 6) is 0.955. The van der Waals surface area contributed by atoms with Crippen LogP contribution >= 0.6 is 0 Å². The lowest BCUT2D eigenvalue weighted by molar-refractivity contribution is 0.340. The van der Waals surface area contributed by atoms with Gasteiger partial charge in [-0.3, -0.25) is 0 Å². The molecule has 2 rings (SSSR count). The normalized spacial score (nSPS) is 23.7. The van der Waals surface area contributed by atoms with Crippen LogP contribution in [-0.2, 0) is 0 Å². The smallest absolute Gasteiger partial charge is 0.142 e. The molecule has 1 aliphatic carbocycles. The summed E-state index contributed by atoms with van der Waals surface area (Å²) in [6.45, 7) is 4.80. The monoisotopic (exact) mass is 248 g/mol. The van der Waals surface area contributed by atoms with Crippen molar-refractivity contribution in [1.29, 1.82) is 0 Å². The maximum atomic E-state index is 6.03. The van der Waals surface area contributed by atoms with Gasteiger partial charge in [0.15, 0.2) is 0 Å². The fourth-order valence-corrected chi connectivity index (χ4v) is 2.60. The van der Waals surface area contributed by atoms with E-state index in [-0.39, 0.29) is 0 Å². The van der Waals surface area contributed by atoms with Gasteiger partial charge in [0.05, 0.1) is 12.3 Å². The van der Waals surface area contributed by atoms with E-state index < -0.39 is 0 Å². The van der Waals surface area contributed by atoms with Gasteiger partial charge in [0, 0.05) is 12.1 Å². The molecule has 0 radical (unpaired) electrons. The van der Waals surface area contributed by atoms with Crippen molar-refractivity contribution in [2.24, 2.45) is 5.73 Å². The second kappa shape index (κ2) is 6.10. The molecule has 0 heterocycles. The topological polar surface area (TPSA) is 47.3 Å². The van der Waals surface area contributed by atoms with Crippen LogP contribution in [0, 0.1) is 6.92 Å². The van der Waals surface area contributed by atoms with E-state index >= 15 is 0 Å². The van der Waals surface area contributed by atoms with E-state index in [0.717, 1.165) is 24.3 Å². The summed E-state index contributed by atoms with van der Waals surface area (Å²) < 4.78 is 5.69. The maximum Gasteiger partial charge on any atom is 0.142 e. The van der Waals surface area contributed by atoms with Gasteiger partial charge < -0.3 is 15.8 Å². The maximum absolute atomic E-state index is 6.03. The summed E-state index contributed by atoms with van der Waals surface area (Å²) in [6, 6.07) is 7.15. The molecule has 3 nitrogen and oxygen atoms in total. The molecule has 18 heavy (non-hydrogen) atoms. The fourth-order valence-electron chi connectivity index (χ4n) is 2.60. The van der Waals surface area contributed by atoms with Crippen LogP contribution < -0.4 is 15.8 Å². The standard InChI is InChI=1S/C15H24N2O/c1-3-18-15-9-11(2)7-8-14(15)17-13-6-4-5-12(16)10-13/h7-9,12-13,17H,3-6,10,16H2,1-2H3. The number of ether oxygens (including phenoxy) is 1. The molecule has 0 spiro atoms. The van der Waals surface area contributed by atoms with Crippen molar-refractivity contribution in [1.82, 2.24) is 0 Å². The highest BCUT2D eigenvalue weighted by Crippen LogP contribution is 2.29. The number of rotatable bonds is 4. The number of anilines is 1. The molecule has 100 valence electrons. The van der Waals surface area contributed by atoms with Gasteiger partial charge in [-0.25, -0.2) is 0 Å². The van der Waals surface area contributed by atoms with Gasteiger partial charge in [-0.2, -0.15) is 0 Å². The minimum atomic E-state index is 0.345. The summed E-state index contributed by atoms with van der Waals surface area (Å²) in [5.41, 5.74) is 8.35. The van der Waals surface area contributed by atoms with Gasteiger partial charge in [-0.15, -0.1) is 0 Å². The summed E-state index contributed by atoms with van der Waals surface area (Å²) in [4.78, 5) is 0. The Morgan fingerprint density at radius 3 is 2.94 bits per heavy atom. The zero-order valence-corrected chi connectivity index (χ0v) is 11.4. The Kier molecular flexibility index (Phi) is 4.48. The van der Waals surface area contributed by atoms with Crippen molar-refractivity contribution in [3.05, 3.63) is 23.8 Å². The van der Waals surface area contributed by atoms with Crippen molar-refractivity contribution in [2.75, 3.05) is 11.9 Å². The second-order valence-corrected chi connectivity index (χ2v) is 5.20. The van der Waals surface area contributed by atoms with E-state index in [0.29, 0.717) is 18.7 Å². The van der Waals surface area contributed by atoms with Crippen molar-refractivity contribution in [3.8, 4) is 5.75 Å². The summed E-state index contributed by atoms with van der Waals surface area (Å²) in [5, 5.41) is 3.59. The third-order valence-electron chi connectivity index (χ3n) is 3.51. The summed E-state index contributed by atoms with van der Waals surface area (Å²) in [7, 11) is 0. The van der Waals surface area contributed by atoms with E-state index in [9.17, 15) is 0 Å². The van der Waals surface area contributed by atoms with E-state index in [4.69, 9.17) is 10.5 Å². The first-order valence-corrected chi connectivity index (χ1v) is 6.94. The number of nitrogens with two attached hydrogens (primary N) is 1. The molecule has 0 aliphatic heterocycles. The molecule has 3 heteroatoms. The van der Waals surface area contributed by atoms with Gasteiger partial charge in [0.25, 0.3) is 0 Å². The molecule has 2 atom stereocenters. The molecule has 1 saturated carbocycles. The molecule has 0 aromatic heterocycles. The van der Waals surface area contributed by atoms with Gasteiger partial charge in [0.2, 0.25) is 0 Å². The molecule has 1 fully saturated rings. The molecular formula is C15H24N2O. The van der Waals surface area contributed by atoms with Crippen LogP contribution in [0.1, 0.15) is 38.2 Å². The third kappa shape index (κ3) is 3.39. The average Bonchev–Trinajstić information content (AvgIpc) is 2.33. The molecule has 0 bridgehead atoms. The lowest BCUT2D eigenvalue weighted by Gasteiger charge is -2.28. The molecule has 0 amide bonds. The lowest BCUT2D eigenvalue weighted by Crippen LogP contribution is -2.34. The first-order chi connectivity index (χ1) is 8.69. The SMILES string of the molecule is CCOc1cc(C)ccc1NC1CCCC(N)C1. The van der Waals surface area contributed by atoms with Crippen LogP contribution in [0.25, 0.3) is 0 Å². The lowest BCUT2D eigenvalue weighted by atomic mass is 9.91. The molecule has 1 aromatic carbocycles. The van der Waals surface area contributed by atoms with Crippen molar-refractivity contribution in [2.45, 2.75) is 51.6 Å². The summed E-state index contributed by atoms with van der Waals surface area (Å²) in [6.07, 6.45) is 4.63. The van der Waals surface area contributed by atoms with E-state index in [1.165, 1.54) is 18.4 Å². The Morgan fingerprint density at radius 2 is 2.22 bits per heavy atom. The number of hydrogen-bond donors (Lipinski definition) is 2. The Morgan fingerprint density at radius 1 is 1.39 bits per heavy atom. The van der Waals surface area contributed by atoms with Crippen LogP contribution in [0.15, 0.2) is 18.2 Å². The van der Waals surface area contributed by atoms with Gasteiger partial charge in [0.1, 0.15) is 5.75 Å². The van der Waals surface area contributed by atoms with Crippen LogP contribution in [-0.4, -0.2) is 18.7 Å². The molecule has 1 aromatic rings. The zero-order chi connectivity index (χ0) is 13.0. The zero-order valence-electron chi connectivity index (χ0n) is 11.4. The number of nitrogens with one attached hydrogen (secondary N) is 1. The highest BCUT2D eigenvalue weighted by atomic mass is 16.5. The first kappa shape index (κ1) is 13.2. The quantitative estimate of drug-likeness (QED) is 0.861. The Balaban J connectivity index is 2.07. The Hall–Kier alpha value is -1.22. The Bertz CT molecular complexity index is 392. The van der Waals surface area contributed by atoms with Gasteiger partial charge in [-0.05, 0) is 57.2 Å². The van der Waals surface area contributed by atoms with E-state index in [1.807, 2.05) is 6.92 Å². The largest absolute Gasteiger partial charge is 0.492 e. The molecule has 0 saturated heterocycles. The Labute approximate surface area is 110 Å². The van der Waals surface area contributed by atoms with E-state index in [2.05, 4.69) is 30.4 Å². The van der Waals surface area contributed by atoms with Crippen molar-refractivity contribution in [3.63, 3.8) is 0 Å². The highest BCUT2D eigenvalue weighted by molar-refractivity contribution is 5.58. The number of aryl methyl sites for hydroxylation is 1. The summed E-state index contributed by atoms with van der Waals surface area (Å²) >= 11 is 0. The van der Waals surface area contributed by atoms with Crippen molar-refractivity contribution < 1.29 is 4.74 Å². The van der Waals surface area contributed by atoms with Gasteiger partial charge >= 0.3 is 0 Å². The van der Waals surface area contributed by atoms with Crippen LogP contribution in [0.4, 0.5) is 5.69 Å². The molecule has 3 N–H and O–H groups in total. The predicted molar refractivity (Wildman–Crippen MR) is 76.2 cm³/mol. The molecular weight excluding hydrogens is 224 g/mol. The average molecular weight is 248 g/mol. The van der Waals surface area contributed by atoms with Crippen LogP contribution in [0.3, 0.4) is 0 Å². The van der Waals surface area contributed by atoms with Crippen LogP contribution in [0.2, 0.25) is 0 Å². The third-order valence-corrected chi connectivity index (χ3v) is 3.51.